The summed E-state index contributed by atoms with van der Waals surface area (Å²) >= 11 is 0. The van der Waals surface area contributed by atoms with Crippen LogP contribution in [0.4, 0.5) is 11.4 Å². The fraction of sp³-hybridized carbons (Fsp3) is 0.571. The molecule has 0 atom stereocenters. The summed E-state index contributed by atoms with van der Waals surface area (Å²) in [7, 11) is 2.23. The van der Waals surface area contributed by atoms with Gasteiger partial charge in [0.15, 0.2) is 0 Å². The van der Waals surface area contributed by atoms with Crippen molar-refractivity contribution >= 4 is 11.4 Å². The summed E-state index contributed by atoms with van der Waals surface area (Å²) in [6.45, 7) is 4.55. The van der Waals surface area contributed by atoms with Crippen LogP contribution in [0.1, 0.15) is 24.8 Å². The number of benzene rings is 1. The first-order chi connectivity index (χ1) is 7.70. The Morgan fingerprint density at radius 3 is 2.81 bits per heavy atom. The van der Waals surface area contributed by atoms with Gasteiger partial charge in [0.05, 0.1) is 11.4 Å². The van der Waals surface area contributed by atoms with Gasteiger partial charge in [-0.3, -0.25) is 0 Å². The Balaban J connectivity index is 1.98. The molecule has 1 fully saturated rings. The Morgan fingerprint density at radius 2 is 2.12 bits per heavy atom. The molecule has 3 rings (SSSR count). The van der Waals surface area contributed by atoms with E-state index in [9.17, 15) is 0 Å². The van der Waals surface area contributed by atoms with Crippen molar-refractivity contribution in [2.24, 2.45) is 5.41 Å². The standard InChI is InChI=1S/C14H20N2/c1-11-5-3-6-12-13(11)15-9-14(7-4-8-14)10-16(12)2/h3,5-6,15H,4,7-10H2,1-2H3. The fourth-order valence-corrected chi connectivity index (χ4v) is 3.13. The molecular weight excluding hydrogens is 196 g/mol. The number of hydrogen-bond donors (Lipinski definition) is 1. The van der Waals surface area contributed by atoms with Crippen molar-refractivity contribution in [3.05, 3.63) is 23.8 Å². The van der Waals surface area contributed by atoms with Gasteiger partial charge in [0, 0.05) is 25.6 Å². The van der Waals surface area contributed by atoms with Crippen molar-refractivity contribution in [3.8, 4) is 0 Å². The van der Waals surface area contributed by atoms with Crippen molar-refractivity contribution in [3.63, 3.8) is 0 Å². The lowest BCUT2D eigenvalue weighted by molar-refractivity contribution is 0.162. The molecule has 0 unspecified atom stereocenters. The van der Waals surface area contributed by atoms with Crippen LogP contribution in [0.5, 0.6) is 0 Å². The number of fused-ring (bicyclic) bond motifs is 1. The largest absolute Gasteiger partial charge is 0.383 e. The Morgan fingerprint density at radius 1 is 1.31 bits per heavy atom. The van der Waals surface area contributed by atoms with Crippen molar-refractivity contribution in [2.75, 3.05) is 30.4 Å². The van der Waals surface area contributed by atoms with Crippen LogP contribution in [0.15, 0.2) is 18.2 Å². The van der Waals surface area contributed by atoms with Gasteiger partial charge in [-0.05, 0) is 31.4 Å². The molecule has 0 bridgehead atoms. The summed E-state index contributed by atoms with van der Waals surface area (Å²) in [5, 5.41) is 3.67. The monoisotopic (exact) mass is 216 g/mol. The number of aryl methyl sites for hydroxylation is 1. The van der Waals surface area contributed by atoms with Gasteiger partial charge in [-0.1, -0.05) is 18.6 Å². The topological polar surface area (TPSA) is 15.3 Å². The molecule has 0 amide bonds. The first-order valence-electron chi connectivity index (χ1n) is 6.25. The number of nitrogens with zero attached hydrogens (tertiary/aromatic N) is 1. The molecule has 1 aromatic carbocycles. The SMILES string of the molecule is Cc1cccc2c1NCC1(CCC1)CN2C. The molecule has 2 nitrogen and oxygen atoms in total. The summed E-state index contributed by atoms with van der Waals surface area (Å²) in [4.78, 5) is 2.43. The van der Waals surface area contributed by atoms with Gasteiger partial charge in [0.2, 0.25) is 0 Å². The highest BCUT2D eigenvalue weighted by Gasteiger charge is 2.39. The lowest BCUT2D eigenvalue weighted by Gasteiger charge is -2.43. The van der Waals surface area contributed by atoms with E-state index in [1.54, 1.807) is 0 Å². The Kier molecular flexibility index (Phi) is 2.13. The summed E-state index contributed by atoms with van der Waals surface area (Å²) in [5.74, 6) is 0. The molecule has 0 aromatic heterocycles. The zero-order valence-corrected chi connectivity index (χ0v) is 10.2. The minimum absolute atomic E-state index is 0.542. The average molecular weight is 216 g/mol. The number of rotatable bonds is 0. The molecule has 1 N–H and O–H groups in total. The molecule has 0 saturated heterocycles. The van der Waals surface area contributed by atoms with Crippen LogP contribution in [0.2, 0.25) is 0 Å². The van der Waals surface area contributed by atoms with E-state index in [-0.39, 0.29) is 0 Å². The summed E-state index contributed by atoms with van der Waals surface area (Å²) in [5.41, 5.74) is 4.61. The predicted molar refractivity (Wildman–Crippen MR) is 69.2 cm³/mol. The summed E-state index contributed by atoms with van der Waals surface area (Å²) < 4.78 is 0. The number of anilines is 2. The quantitative estimate of drug-likeness (QED) is 0.717. The van der Waals surface area contributed by atoms with E-state index < -0.39 is 0 Å². The summed E-state index contributed by atoms with van der Waals surface area (Å²) in [6, 6.07) is 6.58. The van der Waals surface area contributed by atoms with E-state index in [2.05, 4.69) is 42.4 Å². The molecule has 0 radical (unpaired) electrons. The molecule has 1 spiro atoms. The smallest absolute Gasteiger partial charge is 0.0607 e. The molecule has 1 aliphatic heterocycles. The molecule has 2 heteroatoms. The Hall–Kier alpha value is -1.18. The van der Waals surface area contributed by atoms with E-state index in [0.29, 0.717) is 5.41 Å². The average Bonchev–Trinajstić information content (AvgIpc) is 2.37. The molecule has 1 heterocycles. The predicted octanol–water partition coefficient (Wildman–Crippen LogP) is 3.03. The van der Waals surface area contributed by atoms with Crippen LogP contribution in [0, 0.1) is 12.3 Å². The fourth-order valence-electron chi connectivity index (χ4n) is 3.13. The zero-order valence-electron chi connectivity index (χ0n) is 10.2. The Bertz CT molecular complexity index is 407. The van der Waals surface area contributed by atoms with E-state index in [0.717, 1.165) is 6.54 Å². The summed E-state index contributed by atoms with van der Waals surface area (Å²) in [6.07, 6.45) is 4.18. The van der Waals surface area contributed by atoms with Crippen molar-refractivity contribution in [2.45, 2.75) is 26.2 Å². The van der Waals surface area contributed by atoms with Gasteiger partial charge in [-0.2, -0.15) is 0 Å². The van der Waals surface area contributed by atoms with E-state index in [1.807, 2.05) is 0 Å². The molecular formula is C14H20N2. The van der Waals surface area contributed by atoms with Crippen LogP contribution < -0.4 is 10.2 Å². The third-order valence-corrected chi connectivity index (χ3v) is 4.29. The highest BCUT2D eigenvalue weighted by molar-refractivity contribution is 5.74. The van der Waals surface area contributed by atoms with Crippen LogP contribution in [0.3, 0.4) is 0 Å². The molecule has 1 aromatic rings. The molecule has 1 aliphatic carbocycles. The normalized spacial score (nSPS) is 22.0. The van der Waals surface area contributed by atoms with Crippen molar-refractivity contribution in [1.29, 1.82) is 0 Å². The zero-order chi connectivity index (χ0) is 11.2. The second-order valence-electron chi connectivity index (χ2n) is 5.53. The van der Waals surface area contributed by atoms with E-state index in [1.165, 1.54) is 42.7 Å². The first kappa shape index (κ1) is 10.0. The van der Waals surface area contributed by atoms with Gasteiger partial charge >= 0.3 is 0 Å². The molecule has 1 saturated carbocycles. The minimum atomic E-state index is 0.542. The minimum Gasteiger partial charge on any atom is -0.383 e. The van der Waals surface area contributed by atoms with Gasteiger partial charge in [-0.15, -0.1) is 0 Å². The van der Waals surface area contributed by atoms with Crippen LogP contribution in [-0.2, 0) is 0 Å². The van der Waals surface area contributed by atoms with E-state index in [4.69, 9.17) is 0 Å². The van der Waals surface area contributed by atoms with Crippen molar-refractivity contribution in [1.82, 2.24) is 0 Å². The van der Waals surface area contributed by atoms with Gasteiger partial charge in [0.25, 0.3) is 0 Å². The number of nitrogens with one attached hydrogen (secondary N) is 1. The van der Waals surface area contributed by atoms with Crippen molar-refractivity contribution < 1.29 is 0 Å². The Labute approximate surface area is 97.6 Å². The lowest BCUT2D eigenvalue weighted by Crippen LogP contribution is -2.43. The maximum atomic E-state index is 3.67. The second-order valence-corrected chi connectivity index (χ2v) is 5.53. The second kappa shape index (κ2) is 3.41. The van der Waals surface area contributed by atoms with Gasteiger partial charge < -0.3 is 10.2 Å². The maximum Gasteiger partial charge on any atom is 0.0607 e. The molecule has 16 heavy (non-hydrogen) atoms. The highest BCUT2D eigenvalue weighted by Crippen LogP contribution is 2.45. The maximum absolute atomic E-state index is 3.67. The lowest BCUT2D eigenvalue weighted by atomic mass is 9.68. The van der Waals surface area contributed by atoms with Gasteiger partial charge in [0.1, 0.15) is 0 Å². The highest BCUT2D eigenvalue weighted by atomic mass is 15.2. The number of hydrogen-bond acceptors (Lipinski definition) is 2. The van der Waals surface area contributed by atoms with E-state index >= 15 is 0 Å². The first-order valence-corrected chi connectivity index (χ1v) is 6.25. The van der Waals surface area contributed by atoms with Crippen LogP contribution in [-0.4, -0.2) is 20.1 Å². The van der Waals surface area contributed by atoms with Gasteiger partial charge in [-0.25, -0.2) is 0 Å². The third kappa shape index (κ3) is 1.40. The third-order valence-electron chi connectivity index (χ3n) is 4.29. The molecule has 2 aliphatic rings. The van der Waals surface area contributed by atoms with Crippen LogP contribution >= 0.6 is 0 Å². The molecule has 86 valence electrons. The number of para-hydroxylation sites is 1. The van der Waals surface area contributed by atoms with Crippen LogP contribution in [0.25, 0.3) is 0 Å².